The Hall–Kier alpha value is -3.03. The molecule has 8 nitrogen and oxygen atoms in total. The first-order chi connectivity index (χ1) is 10.0. The lowest BCUT2D eigenvalue weighted by Gasteiger charge is -2.07. The SMILES string of the molecule is COc1ccc(NC(=O)c2cccc([N+](=O)[O-])c2C)nn1. The Balaban J connectivity index is 2.24. The van der Waals surface area contributed by atoms with Crippen molar-refractivity contribution in [1.82, 2.24) is 10.2 Å². The number of carbonyl (C=O) groups excluding carboxylic acids is 1. The van der Waals surface area contributed by atoms with E-state index in [2.05, 4.69) is 15.5 Å². The van der Waals surface area contributed by atoms with Crippen molar-refractivity contribution in [3.05, 3.63) is 51.6 Å². The van der Waals surface area contributed by atoms with Gasteiger partial charge in [0, 0.05) is 23.3 Å². The molecule has 1 amide bonds. The van der Waals surface area contributed by atoms with Gasteiger partial charge in [-0.25, -0.2) is 0 Å². The van der Waals surface area contributed by atoms with Gasteiger partial charge in [-0.15, -0.1) is 10.2 Å². The van der Waals surface area contributed by atoms with Crippen LogP contribution in [0.25, 0.3) is 0 Å². The smallest absolute Gasteiger partial charge is 0.273 e. The Morgan fingerprint density at radius 1 is 1.29 bits per heavy atom. The fraction of sp³-hybridized carbons (Fsp3) is 0.154. The van der Waals surface area contributed by atoms with Gasteiger partial charge in [0.2, 0.25) is 5.88 Å². The van der Waals surface area contributed by atoms with E-state index in [0.717, 1.165) is 0 Å². The third-order valence-corrected chi connectivity index (χ3v) is 2.84. The Morgan fingerprint density at radius 2 is 2.05 bits per heavy atom. The predicted octanol–water partition coefficient (Wildman–Crippen LogP) is 1.95. The minimum absolute atomic E-state index is 0.108. The van der Waals surface area contributed by atoms with E-state index in [0.29, 0.717) is 11.4 Å². The fourth-order valence-electron chi connectivity index (χ4n) is 1.75. The van der Waals surface area contributed by atoms with Crippen molar-refractivity contribution < 1.29 is 14.5 Å². The van der Waals surface area contributed by atoms with Crippen molar-refractivity contribution in [1.29, 1.82) is 0 Å². The topological polar surface area (TPSA) is 107 Å². The van der Waals surface area contributed by atoms with E-state index < -0.39 is 10.8 Å². The molecule has 0 aliphatic rings. The largest absolute Gasteiger partial charge is 0.480 e. The predicted molar refractivity (Wildman–Crippen MR) is 74.4 cm³/mol. The van der Waals surface area contributed by atoms with Gasteiger partial charge in [0.15, 0.2) is 5.82 Å². The third kappa shape index (κ3) is 3.11. The lowest BCUT2D eigenvalue weighted by Crippen LogP contribution is -2.15. The molecule has 1 aromatic heterocycles. The molecule has 1 aromatic carbocycles. The lowest BCUT2D eigenvalue weighted by molar-refractivity contribution is -0.385. The third-order valence-electron chi connectivity index (χ3n) is 2.84. The number of aromatic nitrogens is 2. The first kappa shape index (κ1) is 14.4. The Bertz CT molecular complexity index is 685. The molecule has 0 atom stereocenters. The normalized spacial score (nSPS) is 10.0. The molecule has 0 aliphatic heterocycles. The number of nitrogens with one attached hydrogen (secondary N) is 1. The minimum atomic E-state index is -0.528. The van der Waals surface area contributed by atoms with Crippen LogP contribution in [0.2, 0.25) is 0 Å². The quantitative estimate of drug-likeness (QED) is 0.680. The Labute approximate surface area is 119 Å². The summed E-state index contributed by atoms with van der Waals surface area (Å²) in [4.78, 5) is 22.5. The summed E-state index contributed by atoms with van der Waals surface area (Å²) >= 11 is 0. The summed E-state index contributed by atoms with van der Waals surface area (Å²) < 4.78 is 4.86. The fourth-order valence-corrected chi connectivity index (χ4v) is 1.75. The van der Waals surface area contributed by atoms with Crippen molar-refractivity contribution in [2.45, 2.75) is 6.92 Å². The second kappa shape index (κ2) is 5.95. The standard InChI is InChI=1S/C13H12N4O4/c1-8-9(4-3-5-10(8)17(19)20)13(18)14-11-6-7-12(21-2)16-15-11/h3-7H,1-2H3,(H,14,15,18). The summed E-state index contributed by atoms with van der Waals surface area (Å²) in [5.41, 5.74) is 0.395. The van der Waals surface area contributed by atoms with Crippen molar-refractivity contribution in [2.75, 3.05) is 12.4 Å². The van der Waals surface area contributed by atoms with Crippen LogP contribution in [0.1, 0.15) is 15.9 Å². The molecular weight excluding hydrogens is 276 g/mol. The first-order valence-electron chi connectivity index (χ1n) is 5.96. The monoisotopic (exact) mass is 288 g/mol. The number of nitro benzene ring substituents is 1. The molecule has 0 bridgehead atoms. The highest BCUT2D eigenvalue weighted by Gasteiger charge is 2.18. The van der Waals surface area contributed by atoms with Crippen LogP contribution in [0.4, 0.5) is 11.5 Å². The zero-order valence-corrected chi connectivity index (χ0v) is 11.4. The van der Waals surface area contributed by atoms with Gasteiger partial charge in [0.25, 0.3) is 11.6 Å². The zero-order valence-electron chi connectivity index (χ0n) is 11.4. The second-order valence-electron chi connectivity index (χ2n) is 4.12. The van der Waals surface area contributed by atoms with Gasteiger partial charge in [-0.3, -0.25) is 14.9 Å². The summed E-state index contributed by atoms with van der Waals surface area (Å²) in [6, 6.07) is 7.38. The van der Waals surface area contributed by atoms with Crippen LogP contribution in [-0.4, -0.2) is 28.1 Å². The molecule has 1 heterocycles. The molecule has 2 aromatic rings. The van der Waals surface area contributed by atoms with Gasteiger partial charge < -0.3 is 10.1 Å². The number of nitrogens with zero attached hydrogens (tertiary/aromatic N) is 3. The Morgan fingerprint density at radius 3 is 2.62 bits per heavy atom. The molecule has 21 heavy (non-hydrogen) atoms. The van der Waals surface area contributed by atoms with Gasteiger partial charge >= 0.3 is 0 Å². The molecule has 0 aliphatic carbocycles. The number of benzene rings is 1. The van der Waals surface area contributed by atoms with Crippen LogP contribution < -0.4 is 10.1 Å². The van der Waals surface area contributed by atoms with Crippen molar-refractivity contribution >= 4 is 17.4 Å². The van der Waals surface area contributed by atoms with Gasteiger partial charge in [0.1, 0.15) is 0 Å². The van der Waals surface area contributed by atoms with Gasteiger partial charge in [-0.2, -0.15) is 0 Å². The van der Waals surface area contributed by atoms with E-state index in [1.54, 1.807) is 6.07 Å². The first-order valence-corrected chi connectivity index (χ1v) is 5.96. The number of hydrogen-bond acceptors (Lipinski definition) is 6. The number of amides is 1. The molecule has 2 rings (SSSR count). The summed E-state index contributed by atoms with van der Waals surface area (Å²) in [5.74, 6) is 0.0573. The number of nitro groups is 1. The highest BCUT2D eigenvalue weighted by molar-refractivity contribution is 6.05. The summed E-state index contributed by atoms with van der Waals surface area (Å²) in [7, 11) is 1.45. The molecule has 0 spiro atoms. The maximum absolute atomic E-state index is 12.1. The van der Waals surface area contributed by atoms with Crippen molar-refractivity contribution in [3.63, 3.8) is 0 Å². The number of ether oxygens (including phenoxy) is 1. The number of hydrogen-bond donors (Lipinski definition) is 1. The molecule has 0 radical (unpaired) electrons. The van der Waals surface area contributed by atoms with Crippen LogP contribution in [0, 0.1) is 17.0 Å². The molecule has 8 heteroatoms. The molecule has 0 saturated heterocycles. The van der Waals surface area contributed by atoms with Crippen LogP contribution in [0.3, 0.4) is 0 Å². The minimum Gasteiger partial charge on any atom is -0.480 e. The molecule has 1 N–H and O–H groups in total. The highest BCUT2D eigenvalue weighted by atomic mass is 16.6. The van der Waals surface area contributed by atoms with Gasteiger partial charge in [-0.05, 0) is 19.1 Å². The zero-order chi connectivity index (χ0) is 15.4. The van der Waals surface area contributed by atoms with Crippen molar-refractivity contribution in [3.8, 4) is 5.88 Å². The number of anilines is 1. The van der Waals surface area contributed by atoms with Crippen molar-refractivity contribution in [2.24, 2.45) is 0 Å². The number of carbonyl (C=O) groups is 1. The molecule has 108 valence electrons. The van der Waals surface area contributed by atoms with E-state index in [4.69, 9.17) is 4.74 Å². The summed E-state index contributed by atoms with van der Waals surface area (Å²) in [6.45, 7) is 1.52. The maximum atomic E-state index is 12.1. The molecule has 0 saturated carbocycles. The summed E-state index contributed by atoms with van der Waals surface area (Å²) in [5, 5.41) is 20.9. The van der Waals surface area contributed by atoms with Crippen LogP contribution >= 0.6 is 0 Å². The molecular formula is C13H12N4O4. The van der Waals surface area contributed by atoms with Gasteiger partial charge in [-0.1, -0.05) is 6.07 Å². The van der Waals surface area contributed by atoms with E-state index in [1.807, 2.05) is 0 Å². The number of rotatable bonds is 4. The summed E-state index contributed by atoms with van der Waals surface area (Å²) in [6.07, 6.45) is 0. The Kier molecular flexibility index (Phi) is 4.07. The molecule has 0 unspecified atom stereocenters. The van der Waals surface area contributed by atoms with Crippen LogP contribution in [0.5, 0.6) is 5.88 Å². The molecule has 0 fully saturated rings. The highest BCUT2D eigenvalue weighted by Crippen LogP contribution is 2.21. The maximum Gasteiger partial charge on any atom is 0.273 e. The average Bonchev–Trinajstić information content (AvgIpc) is 2.47. The van der Waals surface area contributed by atoms with E-state index in [9.17, 15) is 14.9 Å². The van der Waals surface area contributed by atoms with E-state index >= 15 is 0 Å². The average molecular weight is 288 g/mol. The van der Waals surface area contributed by atoms with E-state index in [-0.39, 0.29) is 17.1 Å². The number of methoxy groups -OCH3 is 1. The van der Waals surface area contributed by atoms with Gasteiger partial charge in [0.05, 0.1) is 12.0 Å². The lowest BCUT2D eigenvalue weighted by atomic mass is 10.1. The second-order valence-corrected chi connectivity index (χ2v) is 4.12. The van der Waals surface area contributed by atoms with E-state index in [1.165, 1.54) is 38.3 Å². The van der Waals surface area contributed by atoms with Crippen LogP contribution in [-0.2, 0) is 0 Å². The van der Waals surface area contributed by atoms with Crippen LogP contribution in [0.15, 0.2) is 30.3 Å².